The van der Waals surface area contributed by atoms with Crippen molar-refractivity contribution in [2.75, 3.05) is 24.2 Å². The largest absolute Gasteiger partial charge is 0.355 e. The summed E-state index contributed by atoms with van der Waals surface area (Å²) >= 11 is 0. The number of fused-ring (bicyclic) bond motifs is 1. The van der Waals surface area contributed by atoms with Gasteiger partial charge in [0.2, 0.25) is 15.9 Å². The lowest BCUT2D eigenvalue weighted by Gasteiger charge is -2.30. The van der Waals surface area contributed by atoms with Crippen molar-refractivity contribution in [3.8, 4) is 22.5 Å². The summed E-state index contributed by atoms with van der Waals surface area (Å²) in [5, 5.41) is 0. The number of aryl methyl sites for hydroxylation is 3. The van der Waals surface area contributed by atoms with Gasteiger partial charge >= 0.3 is 0 Å². The zero-order valence-corrected chi connectivity index (χ0v) is 22.8. The van der Waals surface area contributed by atoms with Crippen molar-refractivity contribution in [3.63, 3.8) is 0 Å². The standard InChI is InChI=1S/C29H36N4O3S/c1-21-11-15-23(16-12-21)27-28(24-17-13-22(2)14-18-24)31-29-25(30-27)9-8-20-33(29)19-7-5-4-6-10-26(34)32-37(3,35)36/h11-18H,4-10,19-20H2,1-3H3,(H,32,34). The van der Waals surface area contributed by atoms with Gasteiger partial charge in [0.1, 0.15) is 0 Å². The first-order valence-corrected chi connectivity index (χ1v) is 14.9. The number of carbonyl (C=O) groups excluding carboxylic acids is 1. The van der Waals surface area contributed by atoms with E-state index in [2.05, 4.69) is 67.3 Å². The number of aromatic nitrogens is 2. The second-order valence-corrected chi connectivity index (χ2v) is 11.7. The summed E-state index contributed by atoms with van der Waals surface area (Å²) < 4.78 is 24.3. The highest BCUT2D eigenvalue weighted by atomic mass is 32.2. The number of hydrogen-bond acceptors (Lipinski definition) is 6. The first-order valence-electron chi connectivity index (χ1n) is 13.0. The first-order chi connectivity index (χ1) is 17.7. The van der Waals surface area contributed by atoms with Gasteiger partial charge in [-0.15, -0.1) is 0 Å². The molecule has 196 valence electrons. The van der Waals surface area contributed by atoms with Gasteiger partial charge in [-0.2, -0.15) is 0 Å². The Labute approximate surface area is 220 Å². The van der Waals surface area contributed by atoms with Gasteiger partial charge in [-0.3, -0.25) is 9.52 Å². The Kier molecular flexibility index (Phi) is 8.59. The molecule has 0 saturated heterocycles. The van der Waals surface area contributed by atoms with E-state index in [4.69, 9.17) is 9.97 Å². The molecule has 0 aliphatic carbocycles. The minimum absolute atomic E-state index is 0.229. The summed E-state index contributed by atoms with van der Waals surface area (Å²) in [4.78, 5) is 24.4. The quantitative estimate of drug-likeness (QED) is 0.369. The van der Waals surface area contributed by atoms with Gasteiger partial charge in [0.15, 0.2) is 5.82 Å². The maximum absolute atomic E-state index is 11.7. The highest BCUT2D eigenvalue weighted by Crippen LogP contribution is 2.35. The highest BCUT2D eigenvalue weighted by Gasteiger charge is 2.23. The van der Waals surface area contributed by atoms with E-state index in [0.717, 1.165) is 85.5 Å². The second kappa shape index (κ2) is 11.9. The Hall–Kier alpha value is -3.26. The maximum Gasteiger partial charge on any atom is 0.233 e. The van der Waals surface area contributed by atoms with Gasteiger partial charge in [-0.1, -0.05) is 72.5 Å². The maximum atomic E-state index is 11.7. The van der Waals surface area contributed by atoms with Crippen molar-refractivity contribution >= 4 is 21.7 Å². The molecule has 1 aliphatic rings. The summed E-state index contributed by atoms with van der Waals surface area (Å²) in [6.07, 6.45) is 6.70. The molecule has 1 aromatic heterocycles. The highest BCUT2D eigenvalue weighted by molar-refractivity contribution is 7.89. The molecular weight excluding hydrogens is 484 g/mol. The van der Waals surface area contributed by atoms with E-state index in [1.54, 1.807) is 0 Å². The third kappa shape index (κ3) is 7.38. The van der Waals surface area contributed by atoms with Crippen LogP contribution in [-0.4, -0.2) is 43.6 Å². The van der Waals surface area contributed by atoms with E-state index in [9.17, 15) is 13.2 Å². The SMILES string of the molecule is Cc1ccc(-c2nc3c(nc2-c2ccc(C)cc2)N(CCCCCCC(=O)NS(C)(=O)=O)CCC3)cc1. The number of rotatable bonds is 10. The van der Waals surface area contributed by atoms with Gasteiger partial charge in [0.25, 0.3) is 0 Å². The fraction of sp³-hybridized carbons (Fsp3) is 0.414. The summed E-state index contributed by atoms with van der Waals surface area (Å²) in [6.45, 7) is 6.01. The predicted octanol–water partition coefficient (Wildman–Crippen LogP) is 5.21. The van der Waals surface area contributed by atoms with Gasteiger partial charge < -0.3 is 4.90 Å². The van der Waals surface area contributed by atoms with Crippen LogP contribution in [0.4, 0.5) is 5.82 Å². The molecule has 0 spiro atoms. The van der Waals surface area contributed by atoms with Crippen LogP contribution >= 0.6 is 0 Å². The topological polar surface area (TPSA) is 92.3 Å². The lowest BCUT2D eigenvalue weighted by molar-refractivity contribution is -0.119. The Morgan fingerprint density at radius 2 is 1.43 bits per heavy atom. The third-order valence-corrected chi connectivity index (χ3v) is 7.22. The number of carbonyl (C=O) groups is 1. The van der Waals surface area contributed by atoms with Crippen LogP contribution in [0.3, 0.4) is 0 Å². The van der Waals surface area contributed by atoms with Crippen LogP contribution in [0.2, 0.25) is 0 Å². The molecule has 1 N–H and O–H groups in total. The van der Waals surface area contributed by atoms with Gasteiger partial charge in [0.05, 0.1) is 23.3 Å². The zero-order valence-electron chi connectivity index (χ0n) is 22.0. The number of unbranched alkanes of at least 4 members (excludes halogenated alkanes) is 3. The predicted molar refractivity (Wildman–Crippen MR) is 149 cm³/mol. The third-order valence-electron chi connectivity index (χ3n) is 6.62. The Morgan fingerprint density at radius 3 is 2.03 bits per heavy atom. The number of amides is 1. The van der Waals surface area contributed by atoms with Gasteiger partial charge in [-0.05, 0) is 39.5 Å². The molecule has 0 unspecified atom stereocenters. The van der Waals surface area contributed by atoms with Crippen molar-refractivity contribution < 1.29 is 13.2 Å². The molecule has 2 aromatic carbocycles. The van der Waals surface area contributed by atoms with E-state index in [-0.39, 0.29) is 6.42 Å². The fourth-order valence-electron chi connectivity index (χ4n) is 4.67. The van der Waals surface area contributed by atoms with Crippen molar-refractivity contribution in [2.24, 2.45) is 0 Å². The molecule has 0 radical (unpaired) electrons. The molecule has 3 aromatic rings. The molecule has 0 atom stereocenters. The molecule has 37 heavy (non-hydrogen) atoms. The fourth-order valence-corrected chi connectivity index (χ4v) is 5.18. The lowest BCUT2D eigenvalue weighted by Crippen LogP contribution is -2.32. The van der Waals surface area contributed by atoms with E-state index >= 15 is 0 Å². The van der Waals surface area contributed by atoms with Gasteiger partial charge in [0, 0.05) is 30.6 Å². The van der Waals surface area contributed by atoms with E-state index in [0.29, 0.717) is 6.42 Å². The Morgan fingerprint density at radius 1 is 0.865 bits per heavy atom. The molecule has 2 heterocycles. The van der Waals surface area contributed by atoms with Crippen molar-refractivity contribution in [1.29, 1.82) is 0 Å². The lowest BCUT2D eigenvalue weighted by atomic mass is 10.0. The van der Waals surface area contributed by atoms with Crippen LogP contribution in [0, 0.1) is 13.8 Å². The van der Waals surface area contributed by atoms with E-state index in [1.807, 2.05) is 4.72 Å². The van der Waals surface area contributed by atoms with Crippen LogP contribution in [0.15, 0.2) is 48.5 Å². The van der Waals surface area contributed by atoms with Crippen molar-refractivity contribution in [1.82, 2.24) is 14.7 Å². The number of sulfonamides is 1. The van der Waals surface area contributed by atoms with Crippen LogP contribution in [0.25, 0.3) is 22.5 Å². The van der Waals surface area contributed by atoms with Gasteiger partial charge in [-0.25, -0.2) is 18.4 Å². The normalized spacial score (nSPS) is 13.3. The number of nitrogens with zero attached hydrogens (tertiary/aromatic N) is 3. The molecule has 1 amide bonds. The average molecular weight is 521 g/mol. The molecule has 7 nitrogen and oxygen atoms in total. The molecule has 0 bridgehead atoms. The molecule has 4 rings (SSSR count). The zero-order chi connectivity index (χ0) is 26.4. The van der Waals surface area contributed by atoms with Crippen LogP contribution in [-0.2, 0) is 21.2 Å². The minimum atomic E-state index is -3.48. The van der Waals surface area contributed by atoms with E-state index in [1.165, 1.54) is 11.1 Å². The van der Waals surface area contributed by atoms with Crippen molar-refractivity contribution in [2.45, 2.75) is 58.8 Å². The minimum Gasteiger partial charge on any atom is -0.355 e. The molecule has 0 fully saturated rings. The van der Waals surface area contributed by atoms with Crippen LogP contribution in [0.1, 0.15) is 55.3 Å². The Balaban J connectivity index is 1.48. The van der Waals surface area contributed by atoms with E-state index < -0.39 is 15.9 Å². The Bertz CT molecular complexity index is 1340. The number of nitrogens with one attached hydrogen (secondary N) is 1. The molecular formula is C29H36N4O3S. The molecule has 8 heteroatoms. The monoisotopic (exact) mass is 520 g/mol. The summed E-state index contributed by atoms with van der Waals surface area (Å²) in [6, 6.07) is 17.0. The van der Waals surface area contributed by atoms with Crippen molar-refractivity contribution in [3.05, 3.63) is 65.4 Å². The number of anilines is 1. The number of hydrogen-bond donors (Lipinski definition) is 1. The summed E-state index contributed by atoms with van der Waals surface area (Å²) in [5.41, 5.74) is 7.46. The smallest absolute Gasteiger partial charge is 0.233 e. The molecule has 0 saturated carbocycles. The van der Waals surface area contributed by atoms with Crippen LogP contribution in [0.5, 0.6) is 0 Å². The average Bonchev–Trinajstić information content (AvgIpc) is 2.85. The second-order valence-electron chi connectivity index (χ2n) is 9.98. The summed E-state index contributed by atoms with van der Waals surface area (Å²) in [5.74, 6) is 0.543. The summed E-state index contributed by atoms with van der Waals surface area (Å²) in [7, 11) is -3.48. The van der Waals surface area contributed by atoms with Crippen LogP contribution < -0.4 is 9.62 Å². The molecule has 1 aliphatic heterocycles. The first kappa shape index (κ1) is 26.8. The number of benzene rings is 2.